The summed E-state index contributed by atoms with van der Waals surface area (Å²) in [5.74, 6) is -0.745. The summed E-state index contributed by atoms with van der Waals surface area (Å²) in [5.41, 5.74) is 1.66. The van der Waals surface area contributed by atoms with Crippen LogP contribution in [0.25, 0.3) is 10.2 Å². The van der Waals surface area contributed by atoms with E-state index in [9.17, 15) is 9.90 Å². The van der Waals surface area contributed by atoms with Gasteiger partial charge in [-0.15, -0.1) is 36.2 Å². The lowest BCUT2D eigenvalue weighted by atomic mass is 10.1. The molecule has 0 bridgehead atoms. The summed E-state index contributed by atoms with van der Waals surface area (Å²) >= 11 is 1.39. The van der Waals surface area contributed by atoms with E-state index < -0.39 is 5.97 Å². The van der Waals surface area contributed by atoms with Crippen molar-refractivity contribution < 1.29 is 9.90 Å². The zero-order chi connectivity index (χ0) is 15.7. The number of anilines is 1. The normalized spacial score (nSPS) is 11.2. The van der Waals surface area contributed by atoms with Gasteiger partial charge in [0.15, 0.2) is 5.69 Å². The quantitative estimate of drug-likeness (QED) is 0.701. The number of nitrogens with zero attached hydrogens (tertiary/aromatic N) is 3. The molecule has 0 fully saturated rings. The van der Waals surface area contributed by atoms with E-state index in [1.165, 1.54) is 11.3 Å². The minimum Gasteiger partial charge on any atom is -0.476 e. The smallest absolute Gasteiger partial charge is 0.356 e. The number of carbonyl (C=O) groups is 1. The van der Waals surface area contributed by atoms with Gasteiger partial charge in [-0.3, -0.25) is 4.98 Å². The lowest BCUT2D eigenvalue weighted by Gasteiger charge is -2.14. The molecule has 0 aliphatic rings. The minimum absolute atomic E-state index is 0. The van der Waals surface area contributed by atoms with Crippen molar-refractivity contribution in [1.82, 2.24) is 15.0 Å². The van der Waals surface area contributed by atoms with Crippen LogP contribution < -0.4 is 5.32 Å². The van der Waals surface area contributed by atoms with E-state index in [4.69, 9.17) is 0 Å². The number of pyridine rings is 1. The molecule has 24 heavy (non-hydrogen) atoms. The molecule has 0 aromatic carbocycles. The molecule has 0 unspecified atom stereocenters. The van der Waals surface area contributed by atoms with Crippen LogP contribution in [0.3, 0.4) is 0 Å². The number of aromatic carboxylic acids is 1. The molecular formula is C15H16Cl2N4O2S. The van der Waals surface area contributed by atoms with Crippen molar-refractivity contribution in [3.8, 4) is 0 Å². The number of carboxylic acid groups (broad SMARTS) is 1. The molecule has 6 nitrogen and oxygen atoms in total. The Morgan fingerprint density at radius 3 is 2.71 bits per heavy atom. The van der Waals surface area contributed by atoms with E-state index in [1.54, 1.807) is 12.4 Å². The zero-order valence-corrected chi connectivity index (χ0v) is 15.3. The molecule has 3 heterocycles. The highest BCUT2D eigenvalue weighted by molar-refractivity contribution is 7.19. The van der Waals surface area contributed by atoms with Gasteiger partial charge in [-0.2, -0.15) is 0 Å². The molecular weight excluding hydrogens is 371 g/mol. The van der Waals surface area contributed by atoms with Gasteiger partial charge in [0.2, 0.25) is 5.95 Å². The number of fused-ring (bicyclic) bond motifs is 1. The van der Waals surface area contributed by atoms with Crippen molar-refractivity contribution in [2.24, 2.45) is 0 Å². The van der Waals surface area contributed by atoms with E-state index in [-0.39, 0.29) is 36.5 Å². The number of aromatic nitrogens is 3. The summed E-state index contributed by atoms with van der Waals surface area (Å²) in [6, 6.07) is 5.58. The monoisotopic (exact) mass is 386 g/mol. The number of carboxylic acids is 1. The summed E-state index contributed by atoms with van der Waals surface area (Å²) in [7, 11) is 0. The summed E-state index contributed by atoms with van der Waals surface area (Å²) in [6.45, 7) is 3.87. The predicted octanol–water partition coefficient (Wildman–Crippen LogP) is 4.11. The van der Waals surface area contributed by atoms with Crippen molar-refractivity contribution in [3.63, 3.8) is 0 Å². The summed E-state index contributed by atoms with van der Waals surface area (Å²) in [4.78, 5) is 25.0. The van der Waals surface area contributed by atoms with Crippen LogP contribution in [0.1, 0.15) is 33.9 Å². The van der Waals surface area contributed by atoms with E-state index in [1.807, 2.05) is 32.0 Å². The Morgan fingerprint density at radius 2 is 2.08 bits per heavy atom. The van der Waals surface area contributed by atoms with E-state index >= 15 is 0 Å². The molecule has 0 spiro atoms. The molecule has 0 aliphatic heterocycles. The molecule has 0 amide bonds. The van der Waals surface area contributed by atoms with Crippen LogP contribution in [0.4, 0.5) is 5.95 Å². The fourth-order valence-corrected chi connectivity index (χ4v) is 3.10. The summed E-state index contributed by atoms with van der Waals surface area (Å²) in [6.07, 6.45) is 3.46. The third kappa shape index (κ3) is 4.11. The lowest BCUT2D eigenvalue weighted by molar-refractivity contribution is 0.0693. The van der Waals surface area contributed by atoms with Gasteiger partial charge >= 0.3 is 5.97 Å². The highest BCUT2D eigenvalue weighted by atomic mass is 35.5. The van der Waals surface area contributed by atoms with Gasteiger partial charge in [0.25, 0.3) is 0 Å². The number of nitrogens with one attached hydrogen (secondary N) is 1. The molecule has 0 aliphatic carbocycles. The Hall–Kier alpha value is -1.96. The minimum atomic E-state index is -1.05. The average molecular weight is 387 g/mol. The van der Waals surface area contributed by atoms with Gasteiger partial charge in [-0.25, -0.2) is 14.8 Å². The second-order valence-corrected chi connectivity index (χ2v) is 6.18. The molecule has 0 radical (unpaired) electrons. The Bertz CT molecular complexity index is 842. The predicted molar refractivity (Wildman–Crippen MR) is 99.9 cm³/mol. The first-order chi connectivity index (χ1) is 10.5. The third-order valence-electron chi connectivity index (χ3n) is 3.23. The number of hydrogen-bond donors (Lipinski definition) is 2. The first kappa shape index (κ1) is 20.1. The topological polar surface area (TPSA) is 88.0 Å². The van der Waals surface area contributed by atoms with Gasteiger partial charge in [0, 0.05) is 17.3 Å². The van der Waals surface area contributed by atoms with Crippen LogP contribution >= 0.6 is 36.2 Å². The standard InChI is InChI=1S/C15H14N4O2S.2ClH/c1-8-6-11-13(22-8)12(14(20)21)19-15(18-11)17-9(2)10-4-3-5-16-7-10;;/h3-7,9H,1-2H3,(H,20,21)(H,17,18,19);2*1H/t9-;;/m0../s1. The molecule has 0 saturated carbocycles. The molecule has 0 saturated heterocycles. The molecule has 128 valence electrons. The van der Waals surface area contributed by atoms with E-state index in [0.29, 0.717) is 16.2 Å². The number of halogens is 2. The Morgan fingerprint density at radius 1 is 1.33 bits per heavy atom. The zero-order valence-electron chi connectivity index (χ0n) is 12.9. The first-order valence-electron chi connectivity index (χ1n) is 6.72. The highest BCUT2D eigenvalue weighted by Gasteiger charge is 2.17. The van der Waals surface area contributed by atoms with Gasteiger partial charge < -0.3 is 10.4 Å². The van der Waals surface area contributed by atoms with Crippen LogP contribution in [0, 0.1) is 6.92 Å². The maximum atomic E-state index is 11.4. The Balaban J connectivity index is 0.00000144. The fraction of sp³-hybridized carbons (Fsp3) is 0.200. The second-order valence-electron chi connectivity index (χ2n) is 4.92. The number of aryl methyl sites for hydroxylation is 1. The van der Waals surface area contributed by atoms with Crippen LogP contribution in [-0.2, 0) is 0 Å². The molecule has 3 aromatic heterocycles. The highest BCUT2D eigenvalue weighted by Crippen LogP contribution is 2.28. The largest absolute Gasteiger partial charge is 0.476 e. The van der Waals surface area contributed by atoms with Crippen molar-refractivity contribution in [2.45, 2.75) is 19.9 Å². The number of thiophene rings is 1. The molecule has 9 heteroatoms. The Labute approximate surface area is 155 Å². The molecule has 3 rings (SSSR count). The van der Waals surface area contributed by atoms with Crippen LogP contribution in [0.5, 0.6) is 0 Å². The van der Waals surface area contributed by atoms with Crippen LogP contribution in [0.2, 0.25) is 0 Å². The van der Waals surface area contributed by atoms with E-state index in [2.05, 4.69) is 20.3 Å². The van der Waals surface area contributed by atoms with Crippen molar-refractivity contribution in [1.29, 1.82) is 0 Å². The van der Waals surface area contributed by atoms with Crippen molar-refractivity contribution >= 4 is 58.3 Å². The lowest BCUT2D eigenvalue weighted by Crippen LogP contribution is -2.12. The molecule has 3 aromatic rings. The fourth-order valence-electron chi connectivity index (χ4n) is 2.17. The Kier molecular flexibility index (Phi) is 6.89. The van der Waals surface area contributed by atoms with Crippen molar-refractivity contribution in [3.05, 3.63) is 46.7 Å². The van der Waals surface area contributed by atoms with E-state index in [0.717, 1.165) is 10.4 Å². The second kappa shape index (κ2) is 8.23. The summed E-state index contributed by atoms with van der Waals surface area (Å²) < 4.78 is 0.601. The maximum Gasteiger partial charge on any atom is 0.356 e. The van der Waals surface area contributed by atoms with Gasteiger partial charge in [0.1, 0.15) is 0 Å². The van der Waals surface area contributed by atoms with Crippen LogP contribution in [0.15, 0.2) is 30.6 Å². The third-order valence-corrected chi connectivity index (χ3v) is 4.27. The van der Waals surface area contributed by atoms with Gasteiger partial charge in [-0.1, -0.05) is 6.07 Å². The number of hydrogen-bond acceptors (Lipinski definition) is 6. The van der Waals surface area contributed by atoms with Gasteiger partial charge in [-0.05, 0) is 31.5 Å². The van der Waals surface area contributed by atoms with Gasteiger partial charge in [0.05, 0.1) is 16.3 Å². The maximum absolute atomic E-state index is 11.4. The summed E-state index contributed by atoms with van der Waals surface area (Å²) in [5, 5.41) is 12.5. The SMILES string of the molecule is Cc1cc2nc(N[C@@H](C)c3cccnc3)nc(C(=O)O)c2s1.Cl.Cl. The van der Waals surface area contributed by atoms with Crippen LogP contribution in [-0.4, -0.2) is 26.0 Å². The molecule has 2 N–H and O–H groups in total. The molecule has 1 atom stereocenters. The van der Waals surface area contributed by atoms with Crippen molar-refractivity contribution in [2.75, 3.05) is 5.32 Å². The number of rotatable bonds is 4. The average Bonchev–Trinajstić information content (AvgIpc) is 2.87. The first-order valence-corrected chi connectivity index (χ1v) is 7.54.